The standard InChI is InChI=1S/C8H9BrF2N2O2/c1-2-5(8(14)15)13-3-4(9)6(12-13)7(10)11/h3,5,7H,2H2,1H3,(H,14,15). The number of hydrogen-bond donors (Lipinski definition) is 1. The second kappa shape index (κ2) is 4.69. The average molecular weight is 283 g/mol. The molecule has 15 heavy (non-hydrogen) atoms. The van der Waals surface area contributed by atoms with E-state index in [0.29, 0.717) is 0 Å². The molecule has 0 aromatic carbocycles. The molecule has 0 aliphatic carbocycles. The normalized spacial score (nSPS) is 13.1. The van der Waals surface area contributed by atoms with Gasteiger partial charge < -0.3 is 5.11 Å². The molecular weight excluding hydrogens is 274 g/mol. The lowest BCUT2D eigenvalue weighted by Gasteiger charge is -2.09. The summed E-state index contributed by atoms with van der Waals surface area (Å²) >= 11 is 2.91. The summed E-state index contributed by atoms with van der Waals surface area (Å²) < 4.78 is 25.9. The van der Waals surface area contributed by atoms with E-state index >= 15 is 0 Å². The van der Waals surface area contributed by atoms with Gasteiger partial charge in [0.25, 0.3) is 6.43 Å². The summed E-state index contributed by atoms with van der Waals surface area (Å²) in [4.78, 5) is 10.8. The van der Waals surface area contributed by atoms with Crippen molar-refractivity contribution in [1.29, 1.82) is 0 Å². The van der Waals surface area contributed by atoms with Gasteiger partial charge in [-0.3, -0.25) is 4.68 Å². The number of hydrogen-bond acceptors (Lipinski definition) is 2. The van der Waals surface area contributed by atoms with Crippen LogP contribution in [0.3, 0.4) is 0 Å². The third kappa shape index (κ3) is 2.53. The number of aliphatic carboxylic acids is 1. The highest BCUT2D eigenvalue weighted by atomic mass is 79.9. The summed E-state index contributed by atoms with van der Waals surface area (Å²) in [5, 5.41) is 12.3. The molecule has 7 heteroatoms. The van der Waals surface area contributed by atoms with E-state index in [1.807, 2.05) is 0 Å². The zero-order chi connectivity index (χ0) is 11.6. The van der Waals surface area contributed by atoms with Crippen LogP contribution in [-0.4, -0.2) is 20.9 Å². The Kier molecular flexibility index (Phi) is 3.78. The number of rotatable bonds is 4. The first-order valence-corrected chi connectivity index (χ1v) is 5.02. The van der Waals surface area contributed by atoms with Crippen LogP contribution in [0.5, 0.6) is 0 Å². The van der Waals surface area contributed by atoms with E-state index in [4.69, 9.17) is 5.11 Å². The predicted molar refractivity (Wildman–Crippen MR) is 51.8 cm³/mol. The highest BCUT2D eigenvalue weighted by Crippen LogP contribution is 2.27. The Morgan fingerprint density at radius 3 is 2.67 bits per heavy atom. The summed E-state index contributed by atoms with van der Waals surface area (Å²) in [6, 6.07) is -0.909. The van der Waals surface area contributed by atoms with Gasteiger partial charge in [0.15, 0.2) is 0 Å². The molecule has 1 heterocycles. The van der Waals surface area contributed by atoms with Crippen molar-refractivity contribution in [2.45, 2.75) is 25.8 Å². The zero-order valence-corrected chi connectivity index (χ0v) is 9.41. The first-order chi connectivity index (χ1) is 6.97. The van der Waals surface area contributed by atoms with E-state index < -0.39 is 24.1 Å². The maximum atomic E-state index is 12.4. The van der Waals surface area contributed by atoms with Crippen molar-refractivity contribution >= 4 is 21.9 Å². The van der Waals surface area contributed by atoms with Gasteiger partial charge in [0.05, 0.1) is 4.47 Å². The third-order valence-corrected chi connectivity index (χ3v) is 2.52. The molecule has 0 spiro atoms. The van der Waals surface area contributed by atoms with Crippen LogP contribution >= 0.6 is 15.9 Å². The monoisotopic (exact) mass is 282 g/mol. The fraction of sp³-hybridized carbons (Fsp3) is 0.500. The molecule has 0 saturated carbocycles. The van der Waals surface area contributed by atoms with Gasteiger partial charge in [0.1, 0.15) is 11.7 Å². The number of nitrogens with zero attached hydrogens (tertiary/aromatic N) is 2. The Bertz CT molecular complexity index is 368. The van der Waals surface area contributed by atoms with Crippen LogP contribution in [0.4, 0.5) is 8.78 Å². The molecular formula is C8H9BrF2N2O2. The molecule has 1 atom stereocenters. The van der Waals surface area contributed by atoms with E-state index in [0.717, 1.165) is 4.68 Å². The molecule has 0 bridgehead atoms. The second-order valence-electron chi connectivity index (χ2n) is 2.91. The van der Waals surface area contributed by atoms with Gasteiger partial charge in [-0.1, -0.05) is 6.92 Å². The van der Waals surface area contributed by atoms with Gasteiger partial charge >= 0.3 is 5.97 Å². The smallest absolute Gasteiger partial charge is 0.328 e. The number of carboxylic acids is 1. The molecule has 4 nitrogen and oxygen atoms in total. The maximum Gasteiger partial charge on any atom is 0.328 e. The Hall–Kier alpha value is -0.980. The largest absolute Gasteiger partial charge is 0.480 e. The van der Waals surface area contributed by atoms with Crippen LogP contribution in [0.2, 0.25) is 0 Å². The van der Waals surface area contributed by atoms with Crippen LogP contribution in [0.1, 0.15) is 31.5 Å². The lowest BCUT2D eigenvalue weighted by molar-refractivity contribution is -0.141. The minimum absolute atomic E-state index is 0.122. The Balaban J connectivity index is 3.05. The highest BCUT2D eigenvalue weighted by Gasteiger charge is 2.23. The van der Waals surface area contributed by atoms with Gasteiger partial charge in [-0.25, -0.2) is 13.6 Å². The van der Waals surface area contributed by atoms with E-state index in [1.165, 1.54) is 6.20 Å². The predicted octanol–water partition coefficient (Wildman–Crippen LogP) is 2.62. The van der Waals surface area contributed by atoms with Gasteiger partial charge in [-0.2, -0.15) is 5.10 Å². The van der Waals surface area contributed by atoms with Crippen LogP contribution < -0.4 is 0 Å². The second-order valence-corrected chi connectivity index (χ2v) is 3.76. The Labute approximate surface area is 93.0 Å². The van der Waals surface area contributed by atoms with E-state index in [2.05, 4.69) is 21.0 Å². The van der Waals surface area contributed by atoms with Crippen LogP contribution in [0, 0.1) is 0 Å². The molecule has 0 saturated heterocycles. The summed E-state index contributed by atoms with van der Waals surface area (Å²) in [5.74, 6) is -1.09. The number of aromatic nitrogens is 2. The van der Waals surface area contributed by atoms with Crippen molar-refractivity contribution in [2.75, 3.05) is 0 Å². The molecule has 0 amide bonds. The average Bonchev–Trinajstić information content (AvgIpc) is 2.48. The van der Waals surface area contributed by atoms with Crippen molar-refractivity contribution in [3.63, 3.8) is 0 Å². The lowest BCUT2D eigenvalue weighted by atomic mass is 10.2. The zero-order valence-electron chi connectivity index (χ0n) is 7.82. The molecule has 0 aliphatic rings. The molecule has 1 rings (SSSR count). The quantitative estimate of drug-likeness (QED) is 0.924. The van der Waals surface area contributed by atoms with Crippen molar-refractivity contribution in [3.8, 4) is 0 Å². The topological polar surface area (TPSA) is 55.1 Å². The summed E-state index contributed by atoms with van der Waals surface area (Å²) in [7, 11) is 0. The summed E-state index contributed by atoms with van der Waals surface area (Å²) in [6.07, 6.45) is -1.18. The summed E-state index contributed by atoms with van der Waals surface area (Å²) in [5.41, 5.74) is -0.435. The molecule has 1 N–H and O–H groups in total. The van der Waals surface area contributed by atoms with E-state index in [1.54, 1.807) is 6.92 Å². The lowest BCUT2D eigenvalue weighted by Crippen LogP contribution is -2.18. The number of carboxylic acid groups (broad SMARTS) is 1. The van der Waals surface area contributed by atoms with Gasteiger partial charge in [-0.15, -0.1) is 0 Å². The van der Waals surface area contributed by atoms with E-state index in [-0.39, 0.29) is 10.9 Å². The van der Waals surface area contributed by atoms with Crippen LogP contribution in [-0.2, 0) is 4.79 Å². The summed E-state index contributed by atoms with van der Waals surface area (Å²) in [6.45, 7) is 1.65. The van der Waals surface area contributed by atoms with Crippen molar-refractivity contribution < 1.29 is 18.7 Å². The molecule has 0 fully saturated rings. The molecule has 84 valence electrons. The van der Waals surface area contributed by atoms with Gasteiger partial charge in [0, 0.05) is 6.20 Å². The third-order valence-electron chi connectivity index (χ3n) is 1.91. The van der Waals surface area contributed by atoms with Gasteiger partial charge in [0.2, 0.25) is 0 Å². The minimum atomic E-state index is -2.72. The fourth-order valence-electron chi connectivity index (χ4n) is 1.17. The number of carbonyl (C=O) groups is 1. The molecule has 1 aromatic heterocycles. The van der Waals surface area contributed by atoms with Crippen LogP contribution in [0.15, 0.2) is 10.7 Å². The minimum Gasteiger partial charge on any atom is -0.480 e. The van der Waals surface area contributed by atoms with Crippen molar-refractivity contribution in [2.24, 2.45) is 0 Å². The number of halogens is 3. The first kappa shape index (κ1) is 12.1. The molecule has 0 aliphatic heterocycles. The van der Waals surface area contributed by atoms with Gasteiger partial charge in [-0.05, 0) is 22.4 Å². The fourth-order valence-corrected chi connectivity index (χ4v) is 1.63. The first-order valence-electron chi connectivity index (χ1n) is 4.22. The Morgan fingerprint density at radius 2 is 2.33 bits per heavy atom. The molecule has 1 aromatic rings. The molecule has 0 radical (unpaired) electrons. The highest BCUT2D eigenvalue weighted by molar-refractivity contribution is 9.10. The SMILES string of the molecule is CCC(C(=O)O)n1cc(Br)c(C(F)F)n1. The maximum absolute atomic E-state index is 12.4. The number of alkyl halides is 2. The molecule has 1 unspecified atom stereocenters. The van der Waals surface area contributed by atoms with Crippen molar-refractivity contribution in [1.82, 2.24) is 9.78 Å². The van der Waals surface area contributed by atoms with Crippen LogP contribution in [0.25, 0.3) is 0 Å². The Morgan fingerprint density at radius 1 is 1.73 bits per heavy atom. The van der Waals surface area contributed by atoms with E-state index in [9.17, 15) is 13.6 Å². The van der Waals surface area contributed by atoms with Crippen molar-refractivity contribution in [3.05, 3.63) is 16.4 Å².